The van der Waals surface area contributed by atoms with Gasteiger partial charge < -0.3 is 14.6 Å². The van der Waals surface area contributed by atoms with Crippen molar-refractivity contribution in [3.8, 4) is 5.75 Å². The summed E-state index contributed by atoms with van der Waals surface area (Å²) in [6.45, 7) is 10.7. The largest absolute Gasteiger partial charge is 0.481 e. The van der Waals surface area contributed by atoms with E-state index in [0.29, 0.717) is 18.6 Å². The lowest BCUT2D eigenvalue weighted by Gasteiger charge is -2.29. The van der Waals surface area contributed by atoms with Crippen LogP contribution in [0.5, 0.6) is 5.75 Å². The van der Waals surface area contributed by atoms with E-state index in [-0.39, 0.29) is 5.92 Å². The highest BCUT2D eigenvalue weighted by molar-refractivity contribution is 5.79. The van der Waals surface area contributed by atoms with Gasteiger partial charge >= 0.3 is 11.9 Å². The van der Waals surface area contributed by atoms with Gasteiger partial charge in [-0.25, -0.2) is 4.79 Å². The van der Waals surface area contributed by atoms with Crippen molar-refractivity contribution < 1.29 is 24.2 Å². The molecule has 0 saturated heterocycles. The first-order chi connectivity index (χ1) is 11.4. The van der Waals surface area contributed by atoms with Gasteiger partial charge in [0.25, 0.3) is 0 Å². The first kappa shape index (κ1) is 21.0. The Morgan fingerprint density at radius 1 is 1.08 bits per heavy atom. The molecule has 1 aromatic carbocycles. The fraction of sp³-hybridized carbons (Fsp3) is 0.600. The summed E-state index contributed by atoms with van der Waals surface area (Å²) < 4.78 is 11.1. The zero-order valence-electron chi connectivity index (χ0n) is 16.1. The van der Waals surface area contributed by atoms with Crippen LogP contribution in [0.15, 0.2) is 24.3 Å². The Morgan fingerprint density at radius 2 is 1.64 bits per heavy atom. The second-order valence-electron chi connectivity index (χ2n) is 7.79. The minimum Gasteiger partial charge on any atom is -0.481 e. The summed E-state index contributed by atoms with van der Waals surface area (Å²) in [4.78, 5) is 23.5. The topological polar surface area (TPSA) is 72.8 Å². The Kier molecular flexibility index (Phi) is 7.03. The van der Waals surface area contributed by atoms with Crippen molar-refractivity contribution in [2.45, 2.75) is 72.0 Å². The van der Waals surface area contributed by atoms with Crippen molar-refractivity contribution in [2.24, 2.45) is 5.92 Å². The van der Waals surface area contributed by atoms with Crippen LogP contribution in [0.1, 0.15) is 59.9 Å². The Morgan fingerprint density at radius 3 is 2.08 bits per heavy atom. The lowest BCUT2D eigenvalue weighted by atomic mass is 9.95. The van der Waals surface area contributed by atoms with Crippen molar-refractivity contribution in [2.75, 3.05) is 0 Å². The predicted octanol–water partition coefficient (Wildman–Crippen LogP) is 4.23. The molecule has 140 valence electrons. The van der Waals surface area contributed by atoms with E-state index in [9.17, 15) is 14.7 Å². The van der Waals surface area contributed by atoms with Gasteiger partial charge in [-0.2, -0.15) is 0 Å². The molecule has 0 fully saturated rings. The molecule has 5 heteroatoms. The quantitative estimate of drug-likeness (QED) is 0.710. The minimum absolute atomic E-state index is 0.380. The number of esters is 1. The monoisotopic (exact) mass is 350 g/mol. The zero-order valence-corrected chi connectivity index (χ0v) is 16.1. The van der Waals surface area contributed by atoms with Gasteiger partial charge in [0.15, 0.2) is 5.60 Å². The summed E-state index contributed by atoms with van der Waals surface area (Å²) >= 11 is 0. The minimum atomic E-state index is -1.11. The van der Waals surface area contributed by atoms with Gasteiger partial charge in [0.05, 0.1) is 5.92 Å². The third-order valence-electron chi connectivity index (χ3n) is 3.66. The van der Waals surface area contributed by atoms with Crippen LogP contribution in [0.4, 0.5) is 0 Å². The third kappa shape index (κ3) is 7.16. The average Bonchev–Trinajstić information content (AvgIpc) is 2.46. The number of carboxylic acid groups (broad SMARTS) is 1. The summed E-state index contributed by atoms with van der Waals surface area (Å²) in [6.07, 6.45) is 1.97. The number of rotatable bonds is 8. The van der Waals surface area contributed by atoms with Gasteiger partial charge in [-0.05, 0) is 65.2 Å². The van der Waals surface area contributed by atoms with E-state index in [4.69, 9.17) is 9.47 Å². The molecule has 1 atom stereocenters. The Labute approximate surface area is 150 Å². The zero-order chi connectivity index (χ0) is 19.3. The molecule has 0 bridgehead atoms. The third-order valence-corrected chi connectivity index (χ3v) is 3.66. The molecule has 0 aliphatic carbocycles. The van der Waals surface area contributed by atoms with E-state index in [1.54, 1.807) is 26.0 Å². The molecule has 0 heterocycles. The lowest BCUT2D eigenvalue weighted by molar-refractivity contribution is -0.170. The molecule has 1 unspecified atom stereocenters. The number of carboxylic acids is 1. The fourth-order valence-electron chi connectivity index (χ4n) is 2.38. The van der Waals surface area contributed by atoms with Crippen molar-refractivity contribution in [3.63, 3.8) is 0 Å². The van der Waals surface area contributed by atoms with Crippen LogP contribution in [0.25, 0.3) is 0 Å². The highest BCUT2D eigenvalue weighted by atomic mass is 16.6. The number of ether oxygens (including phenoxy) is 2. The van der Waals surface area contributed by atoms with Gasteiger partial charge in [0, 0.05) is 0 Å². The molecule has 1 aromatic rings. The normalized spacial score (nSPS) is 13.2. The maximum absolute atomic E-state index is 12.2. The van der Waals surface area contributed by atoms with E-state index in [1.165, 1.54) is 0 Å². The maximum atomic E-state index is 12.2. The number of carbonyl (C=O) groups excluding carboxylic acids is 1. The van der Waals surface area contributed by atoms with E-state index in [1.807, 2.05) is 39.8 Å². The molecule has 0 aliphatic rings. The molecular weight excluding hydrogens is 320 g/mol. The van der Waals surface area contributed by atoms with Crippen LogP contribution in [0, 0.1) is 5.92 Å². The smallest absolute Gasteiger partial charge is 0.350 e. The fourth-order valence-corrected chi connectivity index (χ4v) is 2.38. The van der Waals surface area contributed by atoms with E-state index >= 15 is 0 Å². The molecule has 25 heavy (non-hydrogen) atoms. The van der Waals surface area contributed by atoms with Crippen molar-refractivity contribution in [3.05, 3.63) is 29.8 Å². The van der Waals surface area contributed by atoms with Gasteiger partial charge in [-0.3, -0.25) is 4.79 Å². The molecule has 0 saturated carbocycles. The first-order valence-electron chi connectivity index (χ1n) is 8.69. The van der Waals surface area contributed by atoms with E-state index < -0.39 is 23.1 Å². The molecule has 0 spiro atoms. The maximum Gasteiger partial charge on any atom is 0.350 e. The number of benzene rings is 1. The molecule has 1 rings (SSSR count). The Bertz CT molecular complexity index is 581. The van der Waals surface area contributed by atoms with Crippen LogP contribution >= 0.6 is 0 Å². The van der Waals surface area contributed by atoms with Gasteiger partial charge in [-0.15, -0.1) is 0 Å². The summed E-state index contributed by atoms with van der Waals surface area (Å²) in [7, 11) is 0. The molecule has 5 nitrogen and oxygen atoms in total. The first-order valence-corrected chi connectivity index (χ1v) is 8.69. The van der Waals surface area contributed by atoms with Gasteiger partial charge in [0.2, 0.25) is 0 Å². The van der Waals surface area contributed by atoms with E-state index in [2.05, 4.69) is 0 Å². The summed E-state index contributed by atoms with van der Waals surface area (Å²) in [5.74, 6) is -1.04. The molecular formula is C20H30O5. The molecule has 0 radical (unpaired) electrons. The van der Waals surface area contributed by atoms with Crippen LogP contribution in [-0.4, -0.2) is 28.2 Å². The number of aliphatic carboxylic acids is 1. The number of hydrogen-bond acceptors (Lipinski definition) is 4. The van der Waals surface area contributed by atoms with Crippen LogP contribution < -0.4 is 4.74 Å². The second-order valence-corrected chi connectivity index (χ2v) is 7.79. The van der Waals surface area contributed by atoms with Crippen LogP contribution in [-0.2, 0) is 20.7 Å². The summed E-state index contributed by atoms with van der Waals surface area (Å²) in [6, 6.07) is 7.19. The lowest BCUT2D eigenvalue weighted by Crippen LogP contribution is -2.43. The molecule has 1 N–H and O–H groups in total. The number of carbonyl (C=O) groups is 2. The second kappa shape index (κ2) is 8.37. The van der Waals surface area contributed by atoms with Crippen LogP contribution in [0.3, 0.4) is 0 Å². The average molecular weight is 350 g/mol. The van der Waals surface area contributed by atoms with Crippen LogP contribution in [0.2, 0.25) is 0 Å². The number of hydrogen-bond donors (Lipinski definition) is 1. The Balaban J connectivity index is 2.76. The SMILES string of the molecule is CCCC(Cc1ccc(OC(C)(C)C(=O)OC(C)(C)C)cc1)C(=O)O. The molecule has 0 aromatic heterocycles. The van der Waals surface area contributed by atoms with E-state index in [0.717, 1.165) is 12.0 Å². The van der Waals surface area contributed by atoms with Gasteiger partial charge in [-0.1, -0.05) is 25.5 Å². The summed E-state index contributed by atoms with van der Waals surface area (Å²) in [5, 5.41) is 9.25. The highest BCUT2D eigenvalue weighted by Crippen LogP contribution is 2.23. The van der Waals surface area contributed by atoms with Crippen molar-refractivity contribution >= 4 is 11.9 Å². The molecule has 0 amide bonds. The van der Waals surface area contributed by atoms with Gasteiger partial charge in [0.1, 0.15) is 11.4 Å². The van der Waals surface area contributed by atoms with Crippen molar-refractivity contribution in [1.82, 2.24) is 0 Å². The highest BCUT2D eigenvalue weighted by Gasteiger charge is 2.34. The summed E-state index contributed by atoms with van der Waals surface area (Å²) in [5.41, 5.74) is -0.754. The standard InChI is InChI=1S/C20H30O5/c1-7-8-15(17(21)22)13-14-9-11-16(12-10-14)24-20(5,6)18(23)25-19(2,3)4/h9-12,15H,7-8,13H2,1-6H3,(H,21,22). The van der Waals surface area contributed by atoms with Crippen molar-refractivity contribution in [1.29, 1.82) is 0 Å². The molecule has 0 aliphatic heterocycles. The predicted molar refractivity (Wildman–Crippen MR) is 96.7 cm³/mol. The Hall–Kier alpha value is -2.04.